The van der Waals surface area contributed by atoms with Crippen molar-refractivity contribution in [3.05, 3.63) is 59.2 Å². The SMILES string of the molecule is CCOc1cc(CC(CCCCc2ccccc2)C(=O)CC2(C(=O)O)CCC2)cc(OCC)c1C(C)O. The van der Waals surface area contributed by atoms with Gasteiger partial charge in [-0.1, -0.05) is 43.2 Å². The van der Waals surface area contributed by atoms with Crippen LogP contribution in [0.3, 0.4) is 0 Å². The minimum absolute atomic E-state index is 0.0253. The summed E-state index contributed by atoms with van der Waals surface area (Å²) >= 11 is 0. The largest absolute Gasteiger partial charge is 0.493 e. The smallest absolute Gasteiger partial charge is 0.310 e. The van der Waals surface area contributed by atoms with E-state index in [1.807, 2.05) is 44.2 Å². The van der Waals surface area contributed by atoms with Gasteiger partial charge < -0.3 is 19.7 Å². The molecule has 2 atom stereocenters. The maximum atomic E-state index is 13.6. The van der Waals surface area contributed by atoms with Crippen molar-refractivity contribution in [1.82, 2.24) is 0 Å². The van der Waals surface area contributed by atoms with Crippen molar-refractivity contribution in [2.75, 3.05) is 13.2 Å². The van der Waals surface area contributed by atoms with Crippen LogP contribution in [0.2, 0.25) is 0 Å². The van der Waals surface area contributed by atoms with Gasteiger partial charge in [-0.2, -0.15) is 0 Å². The van der Waals surface area contributed by atoms with Gasteiger partial charge in [0.15, 0.2) is 0 Å². The van der Waals surface area contributed by atoms with Crippen LogP contribution in [0.4, 0.5) is 0 Å². The van der Waals surface area contributed by atoms with E-state index in [1.165, 1.54) is 5.56 Å². The first kappa shape index (κ1) is 28.7. The molecule has 2 aromatic carbocycles. The third kappa shape index (κ3) is 7.57. The monoisotopic (exact) mass is 510 g/mol. The van der Waals surface area contributed by atoms with E-state index in [-0.39, 0.29) is 18.1 Å². The van der Waals surface area contributed by atoms with Gasteiger partial charge in [0.05, 0.1) is 30.3 Å². The molecule has 0 heterocycles. The number of rotatable bonds is 16. The third-order valence-corrected chi connectivity index (χ3v) is 7.51. The summed E-state index contributed by atoms with van der Waals surface area (Å²) in [5.41, 5.74) is 1.89. The maximum Gasteiger partial charge on any atom is 0.310 e. The van der Waals surface area contributed by atoms with Gasteiger partial charge in [-0.15, -0.1) is 0 Å². The molecule has 0 bridgehead atoms. The zero-order valence-corrected chi connectivity index (χ0v) is 22.5. The minimum atomic E-state index is -0.900. The molecule has 1 aliphatic carbocycles. The Bertz CT molecular complexity index is 998. The van der Waals surface area contributed by atoms with Crippen LogP contribution in [-0.2, 0) is 22.4 Å². The second-order valence-corrected chi connectivity index (χ2v) is 10.3. The zero-order chi connectivity index (χ0) is 26.8. The van der Waals surface area contributed by atoms with Gasteiger partial charge in [0, 0.05) is 12.3 Å². The van der Waals surface area contributed by atoms with Crippen LogP contribution in [0.25, 0.3) is 0 Å². The Morgan fingerprint density at radius 3 is 2.08 bits per heavy atom. The number of ketones is 1. The lowest BCUT2D eigenvalue weighted by atomic mass is 9.64. The molecule has 0 radical (unpaired) electrons. The number of unbranched alkanes of at least 4 members (excludes halogenated alkanes) is 1. The molecular formula is C31H42O6. The van der Waals surface area contributed by atoms with E-state index < -0.39 is 17.5 Å². The molecule has 6 nitrogen and oxygen atoms in total. The van der Waals surface area contributed by atoms with Crippen LogP contribution in [0.1, 0.15) is 88.5 Å². The standard InChI is InChI=1S/C31H42O6/c1-4-36-27-19-24(20-28(37-5-2)29(27)22(3)32)18-25(15-10-9-14-23-12-7-6-8-13-23)26(33)21-31(30(34)35)16-11-17-31/h6-8,12-13,19-20,22,25,32H,4-5,9-11,14-18,21H2,1-3H3,(H,34,35). The number of benzene rings is 2. The number of carbonyl (C=O) groups is 2. The lowest BCUT2D eigenvalue weighted by molar-refractivity contribution is -0.157. The van der Waals surface area contributed by atoms with Crippen LogP contribution in [-0.4, -0.2) is 35.2 Å². The summed E-state index contributed by atoms with van der Waals surface area (Å²) in [5.74, 6) is 0.0178. The molecular weight excluding hydrogens is 468 g/mol. The van der Waals surface area contributed by atoms with Crippen molar-refractivity contribution in [1.29, 1.82) is 0 Å². The van der Waals surface area contributed by atoms with Crippen molar-refractivity contribution < 1.29 is 29.3 Å². The number of aliphatic hydroxyl groups excluding tert-OH is 1. The predicted octanol–water partition coefficient (Wildman–Crippen LogP) is 6.32. The first-order chi connectivity index (χ1) is 17.8. The van der Waals surface area contributed by atoms with Gasteiger partial charge in [0.2, 0.25) is 0 Å². The molecule has 2 N–H and O–H groups in total. The fraction of sp³-hybridized carbons (Fsp3) is 0.548. The van der Waals surface area contributed by atoms with Crippen molar-refractivity contribution >= 4 is 11.8 Å². The molecule has 0 aromatic heterocycles. The Balaban J connectivity index is 1.81. The highest BCUT2D eigenvalue weighted by Crippen LogP contribution is 2.45. The van der Waals surface area contributed by atoms with E-state index in [0.717, 1.165) is 31.2 Å². The topological polar surface area (TPSA) is 93.1 Å². The average Bonchev–Trinajstić information content (AvgIpc) is 2.83. The molecule has 0 spiro atoms. The van der Waals surface area contributed by atoms with Gasteiger partial charge in [-0.05, 0) is 82.6 Å². The summed E-state index contributed by atoms with van der Waals surface area (Å²) in [6, 6.07) is 14.1. The fourth-order valence-corrected chi connectivity index (χ4v) is 5.31. The molecule has 1 saturated carbocycles. The van der Waals surface area contributed by atoms with E-state index in [1.54, 1.807) is 6.92 Å². The van der Waals surface area contributed by atoms with E-state index in [2.05, 4.69) is 12.1 Å². The second-order valence-electron chi connectivity index (χ2n) is 10.3. The summed E-state index contributed by atoms with van der Waals surface area (Å²) < 4.78 is 11.7. The molecule has 0 saturated heterocycles. The Morgan fingerprint density at radius 2 is 1.59 bits per heavy atom. The number of Topliss-reactive ketones (excluding diaryl/α,β-unsaturated/α-hetero) is 1. The molecule has 6 heteroatoms. The van der Waals surface area contributed by atoms with Crippen molar-refractivity contribution in [3.63, 3.8) is 0 Å². The molecule has 2 aromatic rings. The fourth-order valence-electron chi connectivity index (χ4n) is 5.31. The van der Waals surface area contributed by atoms with Crippen LogP contribution in [0.15, 0.2) is 42.5 Å². The highest BCUT2D eigenvalue weighted by molar-refractivity contribution is 5.88. The normalized spacial score (nSPS) is 15.9. The lowest BCUT2D eigenvalue weighted by Gasteiger charge is -2.38. The van der Waals surface area contributed by atoms with Gasteiger partial charge >= 0.3 is 5.97 Å². The molecule has 2 unspecified atom stereocenters. The molecule has 0 amide bonds. The minimum Gasteiger partial charge on any atom is -0.493 e. The average molecular weight is 511 g/mol. The second kappa shape index (κ2) is 13.6. The quantitative estimate of drug-likeness (QED) is 0.257. The highest BCUT2D eigenvalue weighted by Gasteiger charge is 2.46. The van der Waals surface area contributed by atoms with Gasteiger partial charge in [0.1, 0.15) is 17.3 Å². The Morgan fingerprint density at radius 1 is 0.973 bits per heavy atom. The number of hydrogen-bond donors (Lipinski definition) is 2. The number of hydrogen-bond acceptors (Lipinski definition) is 5. The van der Waals surface area contributed by atoms with Crippen molar-refractivity contribution in [2.45, 2.75) is 84.7 Å². The van der Waals surface area contributed by atoms with Crippen LogP contribution >= 0.6 is 0 Å². The van der Waals surface area contributed by atoms with Crippen LogP contribution in [0, 0.1) is 11.3 Å². The van der Waals surface area contributed by atoms with Crippen LogP contribution < -0.4 is 9.47 Å². The molecule has 37 heavy (non-hydrogen) atoms. The third-order valence-electron chi connectivity index (χ3n) is 7.51. The summed E-state index contributed by atoms with van der Waals surface area (Å²) in [6.07, 6.45) is 5.32. The first-order valence-corrected chi connectivity index (χ1v) is 13.7. The number of ether oxygens (including phenoxy) is 2. The summed E-state index contributed by atoms with van der Waals surface area (Å²) in [7, 11) is 0. The molecule has 1 fully saturated rings. The lowest BCUT2D eigenvalue weighted by Crippen LogP contribution is -2.41. The number of carbonyl (C=O) groups excluding carboxylic acids is 1. The number of carboxylic acid groups (broad SMARTS) is 1. The number of aryl methyl sites for hydroxylation is 1. The van der Waals surface area contributed by atoms with Gasteiger partial charge in [0.25, 0.3) is 0 Å². The van der Waals surface area contributed by atoms with E-state index in [0.29, 0.717) is 56.0 Å². The van der Waals surface area contributed by atoms with Crippen LogP contribution in [0.5, 0.6) is 11.5 Å². The Kier molecular flexibility index (Phi) is 10.6. The predicted molar refractivity (Wildman–Crippen MR) is 144 cm³/mol. The molecule has 1 aliphatic rings. The zero-order valence-electron chi connectivity index (χ0n) is 22.5. The highest BCUT2D eigenvalue weighted by atomic mass is 16.5. The van der Waals surface area contributed by atoms with E-state index in [4.69, 9.17) is 9.47 Å². The summed E-state index contributed by atoms with van der Waals surface area (Å²) in [6.45, 7) is 6.35. The Hall–Kier alpha value is -2.86. The maximum absolute atomic E-state index is 13.6. The van der Waals surface area contributed by atoms with Crippen molar-refractivity contribution in [2.24, 2.45) is 11.3 Å². The summed E-state index contributed by atoms with van der Waals surface area (Å²) in [4.78, 5) is 25.5. The molecule has 202 valence electrons. The van der Waals surface area contributed by atoms with E-state index in [9.17, 15) is 19.8 Å². The number of aliphatic carboxylic acids is 1. The van der Waals surface area contributed by atoms with E-state index >= 15 is 0 Å². The Labute approximate surface area is 221 Å². The first-order valence-electron chi connectivity index (χ1n) is 13.7. The van der Waals surface area contributed by atoms with Gasteiger partial charge in [-0.25, -0.2) is 0 Å². The number of aliphatic hydroxyl groups is 1. The van der Waals surface area contributed by atoms with Gasteiger partial charge in [-0.3, -0.25) is 9.59 Å². The van der Waals surface area contributed by atoms with Crippen molar-refractivity contribution in [3.8, 4) is 11.5 Å². The molecule has 3 rings (SSSR count). The molecule has 0 aliphatic heterocycles. The summed E-state index contributed by atoms with van der Waals surface area (Å²) in [5, 5.41) is 20.2. The number of carboxylic acids is 1.